The number of nitrogens with zero attached hydrogens (tertiary/aromatic N) is 1. The van der Waals surface area contributed by atoms with Gasteiger partial charge in [0, 0.05) is 11.6 Å². The first kappa shape index (κ1) is 34.4. The molecular weight excluding hydrogens is 442 g/mol. The van der Waals surface area contributed by atoms with Crippen LogP contribution in [-0.2, 0) is 15.1 Å². The van der Waals surface area contributed by atoms with Gasteiger partial charge in [-0.1, -0.05) is 128 Å². The second-order valence-electron chi connectivity index (χ2n) is 11.3. The summed E-state index contributed by atoms with van der Waals surface area (Å²) in [5.41, 5.74) is 1.61. The summed E-state index contributed by atoms with van der Waals surface area (Å²) >= 11 is 0. The Bertz CT molecular complexity index is 651. The first-order valence-corrected chi connectivity index (χ1v) is 14.9. The Morgan fingerprint density at radius 1 is 0.778 bits per heavy atom. The third kappa shape index (κ3) is 16.2. The Morgan fingerprint density at radius 2 is 1.22 bits per heavy atom. The van der Waals surface area contributed by atoms with Gasteiger partial charge in [-0.3, -0.25) is 0 Å². The van der Waals surface area contributed by atoms with E-state index < -0.39 is 0 Å². The lowest BCUT2D eigenvalue weighted by Crippen LogP contribution is -2.54. The van der Waals surface area contributed by atoms with Crippen LogP contribution in [0.15, 0.2) is 43.0 Å². The smallest absolute Gasteiger partial charge is 0.330 e. The molecule has 0 heterocycles. The van der Waals surface area contributed by atoms with Crippen molar-refractivity contribution in [3.05, 3.63) is 48.6 Å². The fourth-order valence-electron chi connectivity index (χ4n) is 4.44. The van der Waals surface area contributed by atoms with Crippen LogP contribution in [0.5, 0.6) is 0 Å². The summed E-state index contributed by atoms with van der Waals surface area (Å²) in [5.74, 6) is -0.341. The Balaban J connectivity index is 0.00000131. The van der Waals surface area contributed by atoms with E-state index in [9.17, 15) is 4.79 Å². The van der Waals surface area contributed by atoms with Crippen molar-refractivity contribution in [2.75, 3.05) is 27.2 Å². The largest absolute Gasteiger partial charge is 0.463 e. The van der Waals surface area contributed by atoms with Crippen molar-refractivity contribution in [3.63, 3.8) is 0 Å². The number of rotatable bonds is 20. The second-order valence-corrected chi connectivity index (χ2v) is 11.3. The molecule has 0 saturated heterocycles. The van der Waals surface area contributed by atoms with Crippen molar-refractivity contribution in [2.45, 2.75) is 130 Å². The predicted octanol–water partition coefficient (Wildman–Crippen LogP) is 9.61. The molecule has 1 rings (SSSR count). The first-order valence-electron chi connectivity index (χ1n) is 14.9. The molecule has 3 heteroatoms. The number of unbranched alkanes of at least 4 members (excludes halogenated alkanes) is 13. The molecule has 3 nitrogen and oxygen atoms in total. The standard InChI is InChI=1S/C27H50N.C6H10O2/c1-6-7-8-9-10-11-12-13-14-15-16-17-18-22-25-28(4,5)27(2,3)26-23-20-19-21-24-26;1-3-5-8-6(7)4-2/h19-21,23-24H,6-18,22,25H2,1-5H3;4H,2-3,5H2,1H3/q+1;. The highest BCUT2D eigenvalue weighted by Crippen LogP contribution is 2.32. The molecule has 1 aromatic rings. The number of carbonyl (C=O) groups excluding carboxylic acids is 1. The van der Waals surface area contributed by atoms with Gasteiger partial charge in [0.1, 0.15) is 5.54 Å². The van der Waals surface area contributed by atoms with Gasteiger partial charge in [0.15, 0.2) is 0 Å². The van der Waals surface area contributed by atoms with Gasteiger partial charge < -0.3 is 9.22 Å². The minimum absolute atomic E-state index is 0.164. The summed E-state index contributed by atoms with van der Waals surface area (Å²) in [6.45, 7) is 14.0. The van der Waals surface area contributed by atoms with E-state index >= 15 is 0 Å². The van der Waals surface area contributed by atoms with E-state index in [0.29, 0.717) is 6.61 Å². The van der Waals surface area contributed by atoms with Crippen molar-refractivity contribution >= 4 is 5.97 Å². The Hall–Kier alpha value is -1.61. The van der Waals surface area contributed by atoms with Crippen LogP contribution >= 0.6 is 0 Å². The van der Waals surface area contributed by atoms with Crippen molar-refractivity contribution in [3.8, 4) is 0 Å². The van der Waals surface area contributed by atoms with Gasteiger partial charge in [-0.15, -0.1) is 0 Å². The molecule has 0 saturated carbocycles. The third-order valence-electron chi connectivity index (χ3n) is 7.68. The zero-order valence-corrected chi connectivity index (χ0v) is 25.0. The monoisotopic (exact) mass is 502 g/mol. The lowest BCUT2D eigenvalue weighted by molar-refractivity contribution is -0.945. The van der Waals surface area contributed by atoms with Crippen LogP contribution in [0.3, 0.4) is 0 Å². The molecule has 0 radical (unpaired) electrons. The maximum Gasteiger partial charge on any atom is 0.330 e. The molecule has 0 aromatic heterocycles. The van der Waals surface area contributed by atoms with Crippen LogP contribution in [0, 0.1) is 0 Å². The van der Waals surface area contributed by atoms with E-state index in [2.05, 4.69) is 76.5 Å². The molecule has 0 aliphatic rings. The van der Waals surface area contributed by atoms with Gasteiger partial charge in [-0.25, -0.2) is 4.79 Å². The van der Waals surface area contributed by atoms with Crippen LogP contribution in [0.2, 0.25) is 0 Å². The Labute approximate surface area is 225 Å². The van der Waals surface area contributed by atoms with Crippen molar-refractivity contribution in [2.24, 2.45) is 0 Å². The average molecular weight is 503 g/mol. The van der Waals surface area contributed by atoms with Gasteiger partial charge in [-0.05, 0) is 33.1 Å². The normalized spacial score (nSPS) is 11.5. The van der Waals surface area contributed by atoms with Crippen molar-refractivity contribution < 1.29 is 14.0 Å². The molecular formula is C33H60NO2+. The van der Waals surface area contributed by atoms with Crippen LogP contribution in [0.25, 0.3) is 0 Å². The van der Waals surface area contributed by atoms with E-state index in [-0.39, 0.29) is 11.5 Å². The van der Waals surface area contributed by atoms with Gasteiger partial charge in [0.05, 0.1) is 27.2 Å². The zero-order valence-electron chi connectivity index (χ0n) is 25.0. The average Bonchev–Trinajstić information content (AvgIpc) is 2.88. The van der Waals surface area contributed by atoms with Gasteiger partial charge in [0.2, 0.25) is 0 Å². The molecule has 36 heavy (non-hydrogen) atoms. The fraction of sp³-hybridized carbons (Fsp3) is 0.727. The van der Waals surface area contributed by atoms with Gasteiger partial charge >= 0.3 is 5.97 Å². The molecule has 0 spiro atoms. The van der Waals surface area contributed by atoms with E-state index in [0.717, 1.165) is 17.0 Å². The van der Waals surface area contributed by atoms with Gasteiger partial charge in [-0.2, -0.15) is 0 Å². The summed E-state index contributed by atoms with van der Waals surface area (Å²) < 4.78 is 5.65. The molecule has 208 valence electrons. The lowest BCUT2D eigenvalue weighted by atomic mass is 9.90. The number of hydrogen-bond acceptors (Lipinski definition) is 2. The second kappa shape index (κ2) is 21.5. The highest BCUT2D eigenvalue weighted by atomic mass is 16.5. The molecule has 0 unspecified atom stereocenters. The number of ether oxygens (including phenoxy) is 1. The summed E-state index contributed by atoms with van der Waals surface area (Å²) in [7, 11) is 4.80. The first-order chi connectivity index (χ1) is 17.2. The maximum atomic E-state index is 10.2. The van der Waals surface area contributed by atoms with Crippen molar-refractivity contribution in [1.29, 1.82) is 0 Å². The van der Waals surface area contributed by atoms with Crippen LogP contribution in [0.4, 0.5) is 0 Å². The van der Waals surface area contributed by atoms with Gasteiger partial charge in [0.25, 0.3) is 0 Å². The van der Waals surface area contributed by atoms with Crippen LogP contribution < -0.4 is 0 Å². The van der Waals surface area contributed by atoms with Crippen LogP contribution in [0.1, 0.15) is 130 Å². The van der Waals surface area contributed by atoms with Crippen molar-refractivity contribution in [1.82, 2.24) is 0 Å². The maximum absolute atomic E-state index is 10.2. The predicted molar refractivity (Wildman–Crippen MR) is 158 cm³/mol. The summed E-state index contributed by atoms with van der Waals surface area (Å²) in [6, 6.07) is 11.0. The summed E-state index contributed by atoms with van der Waals surface area (Å²) in [6.07, 6.45) is 22.1. The van der Waals surface area contributed by atoms with E-state index in [4.69, 9.17) is 0 Å². The highest BCUT2D eigenvalue weighted by molar-refractivity contribution is 5.81. The molecule has 0 amide bonds. The molecule has 0 fully saturated rings. The summed E-state index contributed by atoms with van der Waals surface area (Å²) in [4.78, 5) is 10.2. The minimum Gasteiger partial charge on any atom is -0.463 e. The number of benzene rings is 1. The lowest BCUT2D eigenvalue weighted by Gasteiger charge is -2.45. The zero-order chi connectivity index (χ0) is 27.1. The van der Waals surface area contributed by atoms with E-state index in [1.54, 1.807) is 0 Å². The fourth-order valence-corrected chi connectivity index (χ4v) is 4.44. The van der Waals surface area contributed by atoms with E-state index in [1.165, 1.54) is 102 Å². The molecule has 0 aliphatic heterocycles. The summed E-state index contributed by atoms with van der Waals surface area (Å²) in [5, 5.41) is 0. The molecule has 0 aliphatic carbocycles. The minimum atomic E-state index is -0.341. The Kier molecular flexibility index (Phi) is 20.5. The Morgan fingerprint density at radius 3 is 1.64 bits per heavy atom. The van der Waals surface area contributed by atoms with E-state index in [1.807, 2.05) is 6.92 Å². The highest BCUT2D eigenvalue weighted by Gasteiger charge is 2.37. The number of hydrogen-bond donors (Lipinski definition) is 0. The van der Waals surface area contributed by atoms with Crippen LogP contribution in [-0.4, -0.2) is 37.7 Å². The number of esters is 1. The third-order valence-corrected chi connectivity index (χ3v) is 7.68. The SMILES string of the molecule is C=CC(=O)OCCC.CCCCCCCCCCCCCCCC[N+](C)(C)C(C)(C)c1ccccc1. The number of quaternary nitrogens is 1. The molecule has 0 bridgehead atoms. The quantitative estimate of drug-likeness (QED) is 0.0767. The number of carbonyl (C=O) groups is 1. The molecule has 1 aromatic carbocycles. The molecule has 0 N–H and O–H groups in total. The topological polar surface area (TPSA) is 26.3 Å². The molecule has 0 atom stereocenters.